The van der Waals surface area contributed by atoms with E-state index in [1.807, 2.05) is 0 Å². The second-order valence-electron chi connectivity index (χ2n) is 4.06. The molecule has 0 spiro atoms. The Hall–Kier alpha value is -2.64. The Labute approximate surface area is 120 Å². The van der Waals surface area contributed by atoms with Crippen LogP contribution in [0, 0.1) is 16.0 Å². The van der Waals surface area contributed by atoms with Gasteiger partial charge in [0.2, 0.25) is 0 Å². The molecule has 1 aromatic rings. The Morgan fingerprint density at radius 3 is 2.19 bits per heavy atom. The van der Waals surface area contributed by atoms with Gasteiger partial charge in [0.15, 0.2) is 5.92 Å². The zero-order chi connectivity index (χ0) is 16.0. The van der Waals surface area contributed by atoms with Crippen molar-refractivity contribution < 1.29 is 28.7 Å². The van der Waals surface area contributed by atoms with E-state index in [0.717, 1.165) is 14.2 Å². The summed E-state index contributed by atoms with van der Waals surface area (Å²) in [6.45, 7) is 0. The minimum absolute atomic E-state index is 0.121. The molecule has 0 bridgehead atoms. The summed E-state index contributed by atoms with van der Waals surface area (Å²) in [4.78, 5) is 33.5. The van der Waals surface area contributed by atoms with Gasteiger partial charge in [-0.3, -0.25) is 19.7 Å². The van der Waals surface area contributed by atoms with Crippen LogP contribution in [0.3, 0.4) is 0 Å². The van der Waals surface area contributed by atoms with Gasteiger partial charge in [0, 0.05) is 24.1 Å². The van der Waals surface area contributed by atoms with Crippen molar-refractivity contribution in [3.63, 3.8) is 0 Å². The summed E-state index contributed by atoms with van der Waals surface area (Å²) in [5, 5.41) is 10.8. The number of nitro groups is 1. The molecule has 0 saturated heterocycles. The number of ether oxygens (including phenoxy) is 3. The van der Waals surface area contributed by atoms with Crippen molar-refractivity contribution >= 4 is 17.6 Å². The molecule has 8 heteroatoms. The highest BCUT2D eigenvalue weighted by atomic mass is 16.6. The van der Waals surface area contributed by atoms with Crippen LogP contribution in [0.2, 0.25) is 0 Å². The lowest BCUT2D eigenvalue weighted by molar-refractivity contribution is -0.384. The molecule has 114 valence electrons. The second kappa shape index (κ2) is 7.22. The second-order valence-corrected chi connectivity index (χ2v) is 4.06. The van der Waals surface area contributed by atoms with E-state index in [9.17, 15) is 19.7 Å². The van der Waals surface area contributed by atoms with Crippen molar-refractivity contribution in [1.82, 2.24) is 0 Å². The first-order chi connectivity index (χ1) is 9.94. The molecule has 0 radical (unpaired) electrons. The number of esters is 2. The third-order valence-electron chi connectivity index (χ3n) is 2.87. The Morgan fingerprint density at radius 1 is 1.19 bits per heavy atom. The molecule has 0 N–H and O–H groups in total. The van der Waals surface area contributed by atoms with E-state index in [1.54, 1.807) is 0 Å². The third kappa shape index (κ3) is 3.91. The van der Waals surface area contributed by atoms with E-state index in [2.05, 4.69) is 9.47 Å². The van der Waals surface area contributed by atoms with Crippen molar-refractivity contribution in [3.05, 3.63) is 33.9 Å². The molecular weight excluding hydrogens is 282 g/mol. The Bertz CT molecular complexity index is 539. The first-order valence-electron chi connectivity index (χ1n) is 5.91. The first kappa shape index (κ1) is 16.4. The monoisotopic (exact) mass is 297 g/mol. The maximum atomic E-state index is 11.6. The first-order valence-corrected chi connectivity index (χ1v) is 5.91. The van der Waals surface area contributed by atoms with Crippen LogP contribution in [0.15, 0.2) is 18.2 Å². The lowest BCUT2D eigenvalue weighted by Crippen LogP contribution is -2.28. The molecule has 21 heavy (non-hydrogen) atoms. The Kier molecular flexibility index (Phi) is 5.65. The van der Waals surface area contributed by atoms with Gasteiger partial charge < -0.3 is 14.2 Å². The number of non-ortho nitro benzene ring substituents is 1. The number of benzene rings is 1. The lowest BCUT2D eigenvalue weighted by atomic mass is 9.98. The molecule has 0 atom stereocenters. The fourth-order valence-electron chi connectivity index (χ4n) is 1.81. The highest BCUT2D eigenvalue weighted by Gasteiger charge is 2.30. The molecule has 0 aromatic heterocycles. The van der Waals surface area contributed by atoms with E-state index in [1.165, 1.54) is 25.3 Å². The Morgan fingerprint density at radius 2 is 1.76 bits per heavy atom. The van der Waals surface area contributed by atoms with Gasteiger partial charge in [0.05, 0.1) is 26.3 Å². The average molecular weight is 297 g/mol. The van der Waals surface area contributed by atoms with Crippen molar-refractivity contribution in [2.45, 2.75) is 6.42 Å². The van der Waals surface area contributed by atoms with Gasteiger partial charge in [-0.15, -0.1) is 0 Å². The number of nitro benzene ring substituents is 1. The summed E-state index contributed by atoms with van der Waals surface area (Å²) in [5.74, 6) is -2.44. The van der Waals surface area contributed by atoms with Crippen molar-refractivity contribution in [2.75, 3.05) is 21.3 Å². The zero-order valence-corrected chi connectivity index (χ0v) is 11.8. The number of rotatable bonds is 6. The standard InChI is InChI=1S/C13H15NO7/c1-19-11-5-4-9(14(17)18)6-8(11)7-10(12(15)20-2)13(16)21-3/h4-6,10H,7H2,1-3H3. The molecule has 1 rings (SSSR count). The van der Waals surface area contributed by atoms with E-state index >= 15 is 0 Å². The molecule has 0 aliphatic heterocycles. The maximum Gasteiger partial charge on any atom is 0.320 e. The molecule has 0 saturated carbocycles. The highest BCUT2D eigenvalue weighted by Crippen LogP contribution is 2.27. The number of carbonyl (C=O) groups is 2. The van der Waals surface area contributed by atoms with Gasteiger partial charge in [-0.25, -0.2) is 0 Å². The molecule has 0 heterocycles. The maximum absolute atomic E-state index is 11.6. The topological polar surface area (TPSA) is 105 Å². The fourth-order valence-corrected chi connectivity index (χ4v) is 1.81. The Balaban J connectivity index is 3.17. The number of methoxy groups -OCH3 is 3. The van der Waals surface area contributed by atoms with Crippen molar-refractivity contribution in [1.29, 1.82) is 0 Å². The summed E-state index contributed by atoms with van der Waals surface area (Å²) >= 11 is 0. The van der Waals surface area contributed by atoms with Gasteiger partial charge in [0.1, 0.15) is 5.75 Å². The minimum Gasteiger partial charge on any atom is -0.496 e. The summed E-state index contributed by atoms with van der Waals surface area (Å²) in [6, 6.07) is 3.92. The molecule has 1 aromatic carbocycles. The van der Waals surface area contributed by atoms with Gasteiger partial charge >= 0.3 is 11.9 Å². The third-order valence-corrected chi connectivity index (χ3v) is 2.87. The smallest absolute Gasteiger partial charge is 0.320 e. The summed E-state index contributed by atoms with van der Waals surface area (Å²) in [5.41, 5.74) is 0.173. The number of carbonyl (C=O) groups excluding carboxylic acids is 2. The van der Waals surface area contributed by atoms with Gasteiger partial charge in [-0.05, 0) is 6.07 Å². The van der Waals surface area contributed by atoms with Gasteiger partial charge in [-0.2, -0.15) is 0 Å². The number of hydrogen-bond donors (Lipinski definition) is 0. The molecule has 0 unspecified atom stereocenters. The molecule has 0 aliphatic rings. The van der Waals surface area contributed by atoms with Crippen LogP contribution in [-0.2, 0) is 25.5 Å². The van der Waals surface area contributed by atoms with Crippen LogP contribution >= 0.6 is 0 Å². The summed E-state index contributed by atoms with van der Waals surface area (Å²) < 4.78 is 14.2. The van der Waals surface area contributed by atoms with Crippen LogP contribution in [-0.4, -0.2) is 38.2 Å². The van der Waals surface area contributed by atoms with Crippen molar-refractivity contribution in [2.24, 2.45) is 5.92 Å². The zero-order valence-electron chi connectivity index (χ0n) is 11.8. The predicted octanol–water partition coefficient (Wildman–Crippen LogP) is 1.11. The highest BCUT2D eigenvalue weighted by molar-refractivity contribution is 5.95. The normalized spacial score (nSPS) is 10.1. The molecular formula is C13H15NO7. The quantitative estimate of drug-likeness (QED) is 0.335. The SMILES string of the molecule is COC(=O)C(Cc1cc([N+](=O)[O-])ccc1OC)C(=O)OC. The molecule has 0 fully saturated rings. The largest absolute Gasteiger partial charge is 0.496 e. The van der Waals surface area contributed by atoms with Crippen LogP contribution in [0.4, 0.5) is 5.69 Å². The van der Waals surface area contributed by atoms with Gasteiger partial charge in [-0.1, -0.05) is 0 Å². The molecule has 8 nitrogen and oxygen atoms in total. The van der Waals surface area contributed by atoms with Crippen LogP contribution in [0.1, 0.15) is 5.56 Å². The van der Waals surface area contributed by atoms with Crippen LogP contribution in [0.5, 0.6) is 5.75 Å². The van der Waals surface area contributed by atoms with Crippen LogP contribution < -0.4 is 4.74 Å². The van der Waals surface area contributed by atoms with E-state index in [-0.39, 0.29) is 12.1 Å². The van der Waals surface area contributed by atoms with Gasteiger partial charge in [0.25, 0.3) is 5.69 Å². The average Bonchev–Trinajstić information content (AvgIpc) is 2.50. The van der Waals surface area contributed by atoms with E-state index in [0.29, 0.717) is 11.3 Å². The van der Waals surface area contributed by atoms with E-state index < -0.39 is 22.8 Å². The number of nitrogens with zero attached hydrogens (tertiary/aromatic N) is 1. The predicted molar refractivity (Wildman–Crippen MR) is 70.9 cm³/mol. The van der Waals surface area contributed by atoms with Crippen molar-refractivity contribution in [3.8, 4) is 5.75 Å². The summed E-state index contributed by atoms with van der Waals surface area (Å²) in [7, 11) is 3.67. The minimum atomic E-state index is -1.21. The lowest BCUT2D eigenvalue weighted by Gasteiger charge is -2.14. The van der Waals surface area contributed by atoms with Crippen LogP contribution in [0.25, 0.3) is 0 Å². The number of hydrogen-bond acceptors (Lipinski definition) is 7. The summed E-state index contributed by atoms with van der Waals surface area (Å²) in [6.07, 6.45) is -0.121. The molecule has 0 aliphatic carbocycles. The fraction of sp³-hybridized carbons (Fsp3) is 0.385. The molecule has 0 amide bonds. The van der Waals surface area contributed by atoms with E-state index in [4.69, 9.17) is 4.74 Å².